The van der Waals surface area contributed by atoms with Crippen LogP contribution < -0.4 is 5.32 Å². The van der Waals surface area contributed by atoms with Crippen LogP contribution in [-0.4, -0.2) is 35.6 Å². The molecule has 144 valence electrons. The SMILES string of the molecule is Cc1cc(C)c(CNC(=O)C2CCN(C(=O)OC(C)(C)C)CC2)c(C)c1. The number of aryl methyl sites for hydroxylation is 3. The maximum Gasteiger partial charge on any atom is 0.410 e. The number of nitrogens with one attached hydrogen (secondary N) is 1. The van der Waals surface area contributed by atoms with Crippen molar-refractivity contribution in [3.63, 3.8) is 0 Å². The second-order valence-electron chi connectivity index (χ2n) is 8.34. The molecule has 5 heteroatoms. The molecule has 1 N–H and O–H groups in total. The Morgan fingerprint density at radius 2 is 1.65 bits per heavy atom. The maximum atomic E-state index is 12.5. The van der Waals surface area contributed by atoms with Crippen LogP contribution in [0.2, 0.25) is 0 Å². The standard InChI is InChI=1S/C21H32N2O3/c1-14-11-15(2)18(16(3)12-14)13-22-19(24)17-7-9-23(10-8-17)20(25)26-21(4,5)6/h11-12,17H,7-10,13H2,1-6H3,(H,22,24). The van der Waals surface area contributed by atoms with Crippen LogP contribution in [0.15, 0.2) is 12.1 Å². The van der Waals surface area contributed by atoms with E-state index in [-0.39, 0.29) is 17.9 Å². The number of rotatable bonds is 3. The van der Waals surface area contributed by atoms with Crippen LogP contribution in [0.1, 0.15) is 55.9 Å². The average Bonchev–Trinajstić information content (AvgIpc) is 2.52. The van der Waals surface area contributed by atoms with Gasteiger partial charge in [0.25, 0.3) is 0 Å². The van der Waals surface area contributed by atoms with Crippen molar-refractivity contribution in [2.24, 2.45) is 5.92 Å². The van der Waals surface area contributed by atoms with Crippen molar-refractivity contribution < 1.29 is 14.3 Å². The molecule has 1 aromatic carbocycles. The summed E-state index contributed by atoms with van der Waals surface area (Å²) in [5.41, 5.74) is 4.36. The number of hydrogen-bond donors (Lipinski definition) is 1. The molecule has 1 fully saturated rings. The lowest BCUT2D eigenvalue weighted by Gasteiger charge is -2.33. The van der Waals surface area contributed by atoms with Crippen LogP contribution in [0.4, 0.5) is 4.79 Å². The van der Waals surface area contributed by atoms with E-state index >= 15 is 0 Å². The van der Waals surface area contributed by atoms with Crippen LogP contribution in [0.3, 0.4) is 0 Å². The summed E-state index contributed by atoms with van der Waals surface area (Å²) in [5, 5.41) is 3.08. The Kier molecular flexibility index (Phi) is 6.32. The molecule has 0 saturated carbocycles. The Balaban J connectivity index is 1.85. The highest BCUT2D eigenvalue weighted by Crippen LogP contribution is 2.21. The van der Waals surface area contributed by atoms with Crippen LogP contribution in [0.5, 0.6) is 0 Å². The lowest BCUT2D eigenvalue weighted by molar-refractivity contribution is -0.126. The van der Waals surface area contributed by atoms with E-state index in [0.717, 1.165) is 0 Å². The van der Waals surface area contributed by atoms with Crippen LogP contribution in [-0.2, 0) is 16.1 Å². The predicted octanol–water partition coefficient (Wildman–Crippen LogP) is 3.88. The molecule has 0 unspecified atom stereocenters. The van der Waals surface area contributed by atoms with Gasteiger partial charge in [-0.05, 0) is 71.1 Å². The smallest absolute Gasteiger partial charge is 0.410 e. The maximum absolute atomic E-state index is 12.5. The molecule has 0 aliphatic carbocycles. The van der Waals surface area contributed by atoms with E-state index < -0.39 is 5.60 Å². The molecule has 26 heavy (non-hydrogen) atoms. The summed E-state index contributed by atoms with van der Waals surface area (Å²) in [6.07, 6.45) is 1.07. The van der Waals surface area contributed by atoms with Gasteiger partial charge in [0, 0.05) is 25.6 Å². The van der Waals surface area contributed by atoms with Crippen molar-refractivity contribution in [1.29, 1.82) is 0 Å². The Morgan fingerprint density at radius 1 is 1.12 bits per heavy atom. The first-order valence-corrected chi connectivity index (χ1v) is 9.39. The molecule has 1 heterocycles. The zero-order valence-corrected chi connectivity index (χ0v) is 16.9. The molecule has 0 radical (unpaired) electrons. The second kappa shape index (κ2) is 8.11. The number of nitrogens with zero attached hydrogens (tertiary/aromatic N) is 1. The summed E-state index contributed by atoms with van der Waals surface area (Å²) in [6, 6.07) is 4.29. The highest BCUT2D eigenvalue weighted by Gasteiger charge is 2.29. The molecule has 0 aromatic heterocycles. The number of piperidine rings is 1. The summed E-state index contributed by atoms with van der Waals surface area (Å²) in [6.45, 7) is 13.5. The quantitative estimate of drug-likeness (QED) is 0.890. The molecule has 2 amide bonds. The molecule has 1 aliphatic rings. The summed E-state index contributed by atoms with van der Waals surface area (Å²) in [7, 11) is 0. The number of carbonyl (C=O) groups excluding carboxylic acids is 2. The van der Waals surface area contributed by atoms with Crippen molar-refractivity contribution in [3.05, 3.63) is 34.4 Å². The Bertz CT molecular complexity index is 645. The molecular formula is C21H32N2O3. The monoisotopic (exact) mass is 360 g/mol. The minimum Gasteiger partial charge on any atom is -0.444 e. The van der Waals surface area contributed by atoms with Gasteiger partial charge < -0.3 is 15.0 Å². The second-order valence-corrected chi connectivity index (χ2v) is 8.34. The Morgan fingerprint density at radius 3 is 2.15 bits per heavy atom. The lowest BCUT2D eigenvalue weighted by atomic mass is 9.95. The molecule has 0 spiro atoms. The Labute approximate surface area is 157 Å². The van der Waals surface area contributed by atoms with E-state index in [1.54, 1.807) is 4.90 Å². The number of benzene rings is 1. The van der Waals surface area contributed by atoms with Gasteiger partial charge in [0.05, 0.1) is 0 Å². The number of amides is 2. The fraction of sp³-hybridized carbons (Fsp3) is 0.619. The van der Waals surface area contributed by atoms with Gasteiger partial charge in [-0.25, -0.2) is 4.79 Å². The van der Waals surface area contributed by atoms with E-state index in [4.69, 9.17) is 4.74 Å². The molecule has 0 atom stereocenters. The lowest BCUT2D eigenvalue weighted by Crippen LogP contribution is -2.44. The summed E-state index contributed by atoms with van der Waals surface area (Å²) >= 11 is 0. The highest BCUT2D eigenvalue weighted by molar-refractivity contribution is 5.79. The third-order valence-electron chi connectivity index (χ3n) is 4.80. The summed E-state index contributed by atoms with van der Waals surface area (Å²) in [5.74, 6) is 0.0351. The molecule has 1 saturated heterocycles. The van der Waals surface area contributed by atoms with Crippen LogP contribution in [0, 0.1) is 26.7 Å². The first kappa shape index (κ1) is 20.3. The zero-order valence-electron chi connectivity index (χ0n) is 16.9. The van der Waals surface area contributed by atoms with E-state index in [1.165, 1.54) is 22.3 Å². The van der Waals surface area contributed by atoms with Gasteiger partial charge in [-0.1, -0.05) is 17.7 Å². The Hall–Kier alpha value is -2.04. The number of carbonyl (C=O) groups is 2. The first-order chi connectivity index (χ1) is 12.1. The number of ether oxygens (including phenoxy) is 1. The van der Waals surface area contributed by atoms with Crippen molar-refractivity contribution in [2.45, 2.75) is 66.5 Å². The third kappa shape index (κ3) is 5.48. The number of hydrogen-bond acceptors (Lipinski definition) is 3. The normalized spacial score (nSPS) is 15.7. The van der Waals surface area contributed by atoms with Crippen LogP contribution >= 0.6 is 0 Å². The van der Waals surface area contributed by atoms with Gasteiger partial charge in [-0.3, -0.25) is 4.79 Å². The van der Waals surface area contributed by atoms with Crippen molar-refractivity contribution >= 4 is 12.0 Å². The molecule has 2 rings (SSSR count). The highest BCUT2D eigenvalue weighted by atomic mass is 16.6. The van der Waals surface area contributed by atoms with E-state index in [1.807, 2.05) is 20.8 Å². The van der Waals surface area contributed by atoms with E-state index in [9.17, 15) is 9.59 Å². The summed E-state index contributed by atoms with van der Waals surface area (Å²) < 4.78 is 5.40. The van der Waals surface area contributed by atoms with Crippen LogP contribution in [0.25, 0.3) is 0 Å². The van der Waals surface area contributed by atoms with Gasteiger partial charge in [-0.15, -0.1) is 0 Å². The van der Waals surface area contributed by atoms with Gasteiger partial charge >= 0.3 is 6.09 Å². The minimum atomic E-state index is -0.491. The van der Waals surface area contributed by atoms with Gasteiger partial charge in [0.15, 0.2) is 0 Å². The van der Waals surface area contributed by atoms with Gasteiger partial charge in [0.2, 0.25) is 5.91 Å². The average molecular weight is 360 g/mol. The topological polar surface area (TPSA) is 58.6 Å². The number of likely N-dealkylation sites (tertiary alicyclic amines) is 1. The van der Waals surface area contributed by atoms with Crippen molar-refractivity contribution in [3.8, 4) is 0 Å². The van der Waals surface area contributed by atoms with Gasteiger partial charge in [0.1, 0.15) is 5.60 Å². The van der Waals surface area contributed by atoms with E-state index in [0.29, 0.717) is 32.5 Å². The molecule has 5 nitrogen and oxygen atoms in total. The molecular weight excluding hydrogens is 328 g/mol. The molecule has 1 aliphatic heterocycles. The largest absolute Gasteiger partial charge is 0.444 e. The fourth-order valence-electron chi connectivity index (χ4n) is 3.46. The zero-order chi connectivity index (χ0) is 19.5. The minimum absolute atomic E-state index is 0.0419. The summed E-state index contributed by atoms with van der Waals surface area (Å²) in [4.78, 5) is 26.3. The first-order valence-electron chi connectivity index (χ1n) is 9.39. The fourth-order valence-corrected chi connectivity index (χ4v) is 3.46. The van der Waals surface area contributed by atoms with Crippen molar-refractivity contribution in [2.75, 3.05) is 13.1 Å². The predicted molar refractivity (Wildman–Crippen MR) is 103 cm³/mol. The third-order valence-corrected chi connectivity index (χ3v) is 4.80. The van der Waals surface area contributed by atoms with E-state index in [2.05, 4.69) is 38.2 Å². The molecule has 1 aromatic rings. The van der Waals surface area contributed by atoms with Crippen molar-refractivity contribution in [1.82, 2.24) is 10.2 Å². The molecule has 0 bridgehead atoms. The van der Waals surface area contributed by atoms with Gasteiger partial charge in [-0.2, -0.15) is 0 Å².